The van der Waals surface area contributed by atoms with Gasteiger partial charge >= 0.3 is 0 Å². The molecule has 0 saturated carbocycles. The largest absolute Gasteiger partial charge is 0.309 e. The van der Waals surface area contributed by atoms with E-state index in [0.717, 1.165) is 105 Å². The van der Waals surface area contributed by atoms with Crippen molar-refractivity contribution in [3.05, 3.63) is 370 Å². The van der Waals surface area contributed by atoms with E-state index in [9.17, 15) is 0 Å². The van der Waals surface area contributed by atoms with E-state index in [-0.39, 0.29) is 0 Å². The molecule has 0 bridgehead atoms. The zero-order valence-electron chi connectivity index (χ0n) is 65.4. The van der Waals surface area contributed by atoms with Crippen LogP contribution in [0.4, 0.5) is 0 Å². The van der Waals surface area contributed by atoms with Gasteiger partial charge < -0.3 is 13.7 Å². The molecule has 0 aliphatic heterocycles. The van der Waals surface area contributed by atoms with Gasteiger partial charge in [0.1, 0.15) is 22.6 Å². The highest BCUT2D eigenvalue weighted by Crippen LogP contribution is 2.49. The monoisotopic (exact) mass is 1620 g/mol. The van der Waals surface area contributed by atoms with Gasteiger partial charge in [0.05, 0.1) is 82.8 Å². The summed E-state index contributed by atoms with van der Waals surface area (Å²) in [6.45, 7) is 0. The van der Waals surface area contributed by atoms with Gasteiger partial charge in [0.2, 0.25) is 0 Å². The maximum Gasteiger partial charge on any atom is 0.147 e. The van der Waals surface area contributed by atoms with Crippen LogP contribution >= 0.6 is 34.0 Å². The average Bonchev–Trinajstić information content (AvgIpc) is 1.54. The molecule has 30 rings (SSSR count). The molecule has 0 spiro atoms. The molecule has 11 nitrogen and oxygen atoms in total. The summed E-state index contributed by atoms with van der Waals surface area (Å²) in [5, 5.41) is 24.7. The van der Waals surface area contributed by atoms with Gasteiger partial charge in [-0.2, -0.15) is 0 Å². The van der Waals surface area contributed by atoms with Crippen LogP contribution < -0.4 is 0 Å². The number of pyridine rings is 5. The van der Waals surface area contributed by atoms with Crippen LogP contribution in [0.5, 0.6) is 0 Å². The van der Waals surface area contributed by atoms with Crippen LogP contribution in [-0.2, 0) is 0 Å². The van der Waals surface area contributed by atoms with Crippen molar-refractivity contribution in [2.45, 2.75) is 0 Å². The Morgan fingerprint density at radius 2 is 0.480 bits per heavy atom. The predicted molar refractivity (Wildman–Crippen MR) is 520 cm³/mol. The van der Waals surface area contributed by atoms with E-state index in [1.807, 2.05) is 64.6 Å². The van der Waals surface area contributed by atoms with E-state index in [1.165, 1.54) is 153 Å². The van der Waals surface area contributed by atoms with Gasteiger partial charge in [0.25, 0.3) is 0 Å². The van der Waals surface area contributed by atoms with E-state index in [1.54, 1.807) is 0 Å². The van der Waals surface area contributed by atoms with Crippen LogP contribution in [0.15, 0.2) is 370 Å². The average molecular weight is 1620 g/mol. The lowest BCUT2D eigenvalue weighted by molar-refractivity contribution is 1.18. The van der Waals surface area contributed by atoms with Crippen molar-refractivity contribution in [1.29, 1.82) is 0 Å². The van der Waals surface area contributed by atoms with Crippen molar-refractivity contribution in [3.63, 3.8) is 0 Å². The van der Waals surface area contributed by atoms with Gasteiger partial charge in [-0.15, -0.1) is 34.0 Å². The molecule has 0 aliphatic rings. The summed E-state index contributed by atoms with van der Waals surface area (Å²) in [4.78, 5) is 25.3. The Morgan fingerprint density at radius 1 is 0.171 bits per heavy atom. The van der Waals surface area contributed by atoms with Crippen LogP contribution in [0, 0.1) is 0 Å². The first kappa shape index (κ1) is 67.2. The summed E-state index contributed by atoms with van der Waals surface area (Å²) >= 11 is 5.61. The van der Waals surface area contributed by atoms with Crippen molar-refractivity contribution in [1.82, 2.24) is 51.8 Å². The fourth-order valence-corrected chi connectivity index (χ4v) is 23.8. The van der Waals surface area contributed by atoms with E-state index in [2.05, 4.69) is 367 Å². The van der Waals surface area contributed by atoms with E-state index in [0.29, 0.717) is 0 Å². The fourth-order valence-electron chi connectivity index (χ4n) is 20.4. The number of nitrogens with zero attached hydrogens (tertiary/aromatic N) is 11. The minimum atomic E-state index is 0.932. The molecule has 0 unspecified atom stereocenters. The smallest absolute Gasteiger partial charge is 0.147 e. The van der Waals surface area contributed by atoms with Crippen molar-refractivity contribution in [3.8, 4) is 17.1 Å². The first-order valence-electron chi connectivity index (χ1n) is 41.4. The highest BCUT2D eigenvalue weighted by atomic mass is 32.1. The Labute approximate surface area is 709 Å². The van der Waals surface area contributed by atoms with Gasteiger partial charge in [0.15, 0.2) is 0 Å². The minimum Gasteiger partial charge on any atom is -0.309 e. The molecular weight excluding hydrogens is 1560 g/mol. The second-order valence-corrected chi connectivity index (χ2v) is 35.4. The maximum atomic E-state index is 5.18. The van der Waals surface area contributed by atoms with Crippen LogP contribution in [-0.4, -0.2) is 51.8 Å². The minimum absolute atomic E-state index is 0.932. The summed E-state index contributed by atoms with van der Waals surface area (Å²) in [5.74, 6) is 0. The fraction of sp³-hybridized carbons (Fsp3) is 0. The third kappa shape index (κ3) is 9.59. The van der Waals surface area contributed by atoms with Gasteiger partial charge in [-0.25, -0.2) is 19.9 Å². The number of thiophene rings is 3. The SMILES string of the molecule is c1ccc(-n2c3cc4c(cc3c3cc5c(cc32)c2nc3ccccc3n2c2cccnc52)sc2ccccc24)cc1.c1ccc(-n2c3cc4c(cc3c3cc5c6ccccc6n6c7ccccc7nc6c5cc32)sc2ccccc24)cc1.c1ccc(-n2c3cc4c(cc3c3cc5c6cccnc6n6c7ccccc7nc6c5cc32)sc2ccccc24)cc1. The lowest BCUT2D eigenvalue weighted by Gasteiger charge is -2.11. The lowest BCUT2D eigenvalue weighted by atomic mass is 10.0. The maximum absolute atomic E-state index is 5.18. The van der Waals surface area contributed by atoms with Gasteiger partial charge in [-0.1, -0.05) is 164 Å². The molecule has 0 amide bonds. The third-order valence-corrected chi connectivity index (χ3v) is 29.1. The zero-order chi connectivity index (χ0) is 80.0. The molecule has 0 fully saturated rings. The normalized spacial score (nSPS) is 12.4. The number of imidazole rings is 3. The molecule has 14 heteroatoms. The quantitative estimate of drug-likeness (QED) is 0.164. The summed E-state index contributed by atoms with van der Waals surface area (Å²) in [7, 11) is 0. The molecule has 0 saturated heterocycles. The molecule has 0 atom stereocenters. The molecule has 14 aromatic heterocycles. The van der Waals surface area contributed by atoms with Gasteiger partial charge in [-0.05, 0) is 205 Å². The lowest BCUT2D eigenvalue weighted by Crippen LogP contribution is -1.96. The highest BCUT2D eigenvalue weighted by molar-refractivity contribution is 7.26. The molecule has 30 aromatic rings. The molecule has 0 N–H and O–H groups in total. The van der Waals surface area contributed by atoms with E-state index < -0.39 is 0 Å². The van der Waals surface area contributed by atoms with E-state index >= 15 is 0 Å². The van der Waals surface area contributed by atoms with Crippen molar-refractivity contribution in [2.75, 3.05) is 0 Å². The summed E-state index contributed by atoms with van der Waals surface area (Å²) < 4.78 is 22.0. The number of para-hydroxylation sites is 10. The first-order valence-corrected chi connectivity index (χ1v) is 43.9. The van der Waals surface area contributed by atoms with Gasteiger partial charge in [0, 0.05) is 155 Å². The Morgan fingerprint density at radius 3 is 0.935 bits per heavy atom. The molecule has 570 valence electrons. The Kier molecular flexibility index (Phi) is 13.9. The topological polar surface area (TPSA) is 92.5 Å². The Balaban J connectivity index is 0.0000000946. The number of benzene rings is 16. The Hall–Kier alpha value is -15.7. The molecule has 0 aliphatic carbocycles. The third-order valence-electron chi connectivity index (χ3n) is 25.7. The number of hydrogen-bond acceptors (Lipinski definition) is 8. The second-order valence-electron chi connectivity index (χ2n) is 32.2. The van der Waals surface area contributed by atoms with Crippen molar-refractivity contribution < 1.29 is 0 Å². The van der Waals surface area contributed by atoms with Crippen LogP contribution in [0.1, 0.15) is 0 Å². The van der Waals surface area contributed by atoms with Gasteiger partial charge in [-0.3, -0.25) is 18.2 Å². The van der Waals surface area contributed by atoms with Crippen molar-refractivity contribution in [2.24, 2.45) is 0 Å². The first-order chi connectivity index (χ1) is 61.0. The van der Waals surface area contributed by atoms with Crippen LogP contribution in [0.2, 0.25) is 0 Å². The summed E-state index contributed by atoms with van der Waals surface area (Å²) in [5.41, 5.74) is 24.0. The zero-order valence-corrected chi connectivity index (χ0v) is 67.8. The summed E-state index contributed by atoms with van der Waals surface area (Å²) in [6, 6.07) is 129. The van der Waals surface area contributed by atoms with Crippen LogP contribution in [0.25, 0.3) is 258 Å². The Bertz CT molecular complexity index is 8970. The van der Waals surface area contributed by atoms with Crippen molar-refractivity contribution >= 4 is 275 Å². The highest BCUT2D eigenvalue weighted by Gasteiger charge is 2.26. The number of aromatic nitrogens is 11. The predicted octanol–water partition coefficient (Wildman–Crippen LogP) is 29.6. The second kappa shape index (κ2) is 25.4. The number of fused-ring (bicyclic) bond motifs is 42. The molecular formula is C109H61N11S3. The molecule has 16 aromatic carbocycles. The van der Waals surface area contributed by atoms with E-state index in [4.69, 9.17) is 24.9 Å². The molecule has 14 heterocycles. The number of hydrogen-bond donors (Lipinski definition) is 0. The van der Waals surface area contributed by atoms with Crippen LogP contribution in [0.3, 0.4) is 0 Å². The number of rotatable bonds is 3. The standard InChI is InChI=1S/C37H21N3S.2C36H20N4S/c1-2-10-22(11-3-1)39-33-19-28-24-13-5-9-17-35(24)41-36(28)21-27(33)26-18-25-23-12-4-7-15-31(23)40-32-16-8-6-14-30(32)38-37(40)29(25)20-34(26)39;1-2-9-21(10-3-1)39-31-18-27-22-11-4-7-15-33(22)41-34(27)20-26(31)25-17-24-23-12-8-16-37-35(23)40-30-14-6-5-13-29(30)38-36(40)28(24)19-32(25)39;1-2-9-21(10-3-1)39-31-18-25-22-11-4-7-15-33(22)41-34(25)20-24(31)23-17-26-27(19-32(23)39)36-38-28-12-5-6-13-29(28)40(36)30-14-8-16-37-35(26)30/h1-21H;2*1-20H. The molecule has 123 heavy (non-hydrogen) atoms. The molecule has 0 radical (unpaired) electrons. The summed E-state index contributed by atoms with van der Waals surface area (Å²) in [6.07, 6.45) is 3.77.